The maximum atomic E-state index is 14.7. The van der Waals surface area contributed by atoms with Crippen LogP contribution in [0.4, 0.5) is 18.9 Å². The van der Waals surface area contributed by atoms with Crippen LogP contribution in [-0.4, -0.2) is 5.16 Å². The van der Waals surface area contributed by atoms with E-state index in [1.165, 1.54) is 30.2 Å². The zero-order valence-electron chi connectivity index (χ0n) is 14.1. The Morgan fingerprint density at radius 1 is 0.926 bits per heavy atom. The van der Waals surface area contributed by atoms with Crippen LogP contribution in [0, 0.1) is 17.5 Å². The Morgan fingerprint density at radius 2 is 1.63 bits per heavy atom. The number of thiocarbonyl (C=S) groups is 1. The highest BCUT2D eigenvalue weighted by molar-refractivity contribution is 7.78. The average Bonchev–Trinajstić information content (AvgIpc) is 3.05. The van der Waals surface area contributed by atoms with Crippen molar-refractivity contribution in [3.63, 3.8) is 0 Å². The van der Waals surface area contributed by atoms with E-state index in [-0.39, 0.29) is 11.1 Å². The SMILES string of the molecule is Fc1cc(-c2ccc(C3CCC3)s2)ccc1-c1cc(F)c(N=C=S)c(F)c1. The number of benzene rings is 2. The fourth-order valence-corrected chi connectivity index (χ4v) is 4.46. The van der Waals surface area contributed by atoms with Gasteiger partial charge in [0.05, 0.1) is 5.16 Å². The third-order valence-corrected chi connectivity index (χ3v) is 6.26. The highest BCUT2D eigenvalue weighted by Crippen LogP contribution is 2.42. The van der Waals surface area contributed by atoms with E-state index in [9.17, 15) is 13.2 Å². The largest absolute Gasteiger partial charge is 0.206 e. The Bertz CT molecular complexity index is 1040. The first-order valence-corrected chi connectivity index (χ1v) is 9.76. The summed E-state index contributed by atoms with van der Waals surface area (Å²) >= 11 is 6.06. The molecule has 1 nitrogen and oxygen atoms in total. The van der Waals surface area contributed by atoms with Crippen molar-refractivity contribution in [3.8, 4) is 21.6 Å². The summed E-state index contributed by atoms with van der Waals surface area (Å²) in [5.74, 6) is -1.72. The van der Waals surface area contributed by atoms with Crippen LogP contribution in [0.2, 0.25) is 0 Å². The number of isothiocyanates is 1. The van der Waals surface area contributed by atoms with E-state index in [0.29, 0.717) is 5.92 Å². The average molecular weight is 401 g/mol. The minimum absolute atomic E-state index is 0.110. The van der Waals surface area contributed by atoms with Gasteiger partial charge in [-0.1, -0.05) is 18.6 Å². The smallest absolute Gasteiger partial charge is 0.153 e. The van der Waals surface area contributed by atoms with Gasteiger partial charge in [0, 0.05) is 15.3 Å². The summed E-state index contributed by atoms with van der Waals surface area (Å²) in [6.07, 6.45) is 3.70. The molecule has 1 fully saturated rings. The standard InChI is InChI=1S/C21H14F3NS2/c22-16-8-13(20-7-6-19(27-20)12-2-1-3-12)4-5-15(16)14-9-17(23)21(25-11-26)18(24)10-14/h4-10,12H,1-3H2. The number of hydrogen-bond acceptors (Lipinski definition) is 3. The van der Waals surface area contributed by atoms with E-state index in [1.807, 2.05) is 11.2 Å². The Balaban J connectivity index is 1.68. The van der Waals surface area contributed by atoms with Gasteiger partial charge in [0.25, 0.3) is 0 Å². The highest BCUT2D eigenvalue weighted by Gasteiger charge is 2.21. The number of nitrogens with zero attached hydrogens (tertiary/aromatic N) is 1. The summed E-state index contributed by atoms with van der Waals surface area (Å²) in [6.45, 7) is 0. The molecule has 0 saturated heterocycles. The van der Waals surface area contributed by atoms with Gasteiger partial charge in [-0.3, -0.25) is 0 Å². The lowest BCUT2D eigenvalue weighted by Crippen LogP contribution is -2.06. The zero-order valence-corrected chi connectivity index (χ0v) is 15.8. The van der Waals surface area contributed by atoms with Crippen LogP contribution >= 0.6 is 23.6 Å². The molecule has 0 atom stereocenters. The lowest BCUT2D eigenvalue weighted by molar-refractivity contribution is 0.426. The molecule has 0 N–H and O–H groups in total. The molecule has 0 unspecified atom stereocenters. The summed E-state index contributed by atoms with van der Waals surface area (Å²) < 4.78 is 42.8. The van der Waals surface area contributed by atoms with Crippen molar-refractivity contribution >= 4 is 34.4 Å². The first kappa shape index (κ1) is 18.1. The molecule has 1 aliphatic rings. The van der Waals surface area contributed by atoms with Crippen molar-refractivity contribution in [1.29, 1.82) is 0 Å². The molecule has 0 bridgehead atoms. The van der Waals surface area contributed by atoms with Gasteiger partial charge in [-0.15, -0.1) is 11.3 Å². The van der Waals surface area contributed by atoms with Crippen molar-refractivity contribution in [2.45, 2.75) is 25.2 Å². The number of hydrogen-bond donors (Lipinski definition) is 0. The monoisotopic (exact) mass is 401 g/mol. The van der Waals surface area contributed by atoms with Crippen molar-refractivity contribution in [2.75, 3.05) is 0 Å². The minimum atomic E-state index is -0.908. The third kappa shape index (κ3) is 3.48. The highest BCUT2D eigenvalue weighted by atomic mass is 32.1. The molecular weight excluding hydrogens is 387 g/mol. The van der Waals surface area contributed by atoms with Crippen LogP contribution in [0.3, 0.4) is 0 Å². The molecule has 0 aliphatic heterocycles. The fourth-order valence-electron chi connectivity index (χ4n) is 3.20. The second kappa shape index (κ2) is 7.39. The Hall–Kier alpha value is -2.27. The van der Waals surface area contributed by atoms with Crippen molar-refractivity contribution in [2.24, 2.45) is 4.99 Å². The summed E-state index contributed by atoms with van der Waals surface area (Å²) in [5, 5.41) is 1.94. The molecule has 1 heterocycles. The minimum Gasteiger partial charge on any atom is -0.206 e. The van der Waals surface area contributed by atoms with E-state index < -0.39 is 23.1 Å². The second-order valence-corrected chi connectivity index (χ2v) is 7.81. The van der Waals surface area contributed by atoms with E-state index >= 15 is 0 Å². The van der Waals surface area contributed by atoms with Crippen LogP contribution in [-0.2, 0) is 0 Å². The Labute approximate surface area is 164 Å². The van der Waals surface area contributed by atoms with Crippen LogP contribution in [0.1, 0.15) is 30.1 Å². The normalized spacial score (nSPS) is 13.9. The van der Waals surface area contributed by atoms with Gasteiger partial charge in [-0.05, 0) is 72.4 Å². The van der Waals surface area contributed by atoms with Gasteiger partial charge in [0.15, 0.2) is 11.6 Å². The number of rotatable bonds is 4. The number of aliphatic imine (C=N–C) groups is 1. The van der Waals surface area contributed by atoms with Crippen molar-refractivity contribution < 1.29 is 13.2 Å². The van der Waals surface area contributed by atoms with E-state index in [2.05, 4.69) is 23.3 Å². The maximum absolute atomic E-state index is 14.7. The predicted molar refractivity (Wildman–Crippen MR) is 106 cm³/mol. The van der Waals surface area contributed by atoms with Gasteiger partial charge in [-0.25, -0.2) is 13.2 Å². The fraction of sp³-hybridized carbons (Fsp3) is 0.190. The third-order valence-electron chi connectivity index (χ3n) is 4.87. The first-order valence-electron chi connectivity index (χ1n) is 8.54. The van der Waals surface area contributed by atoms with Gasteiger partial charge in [-0.2, -0.15) is 4.99 Å². The number of halogens is 3. The Kier molecular flexibility index (Phi) is 4.96. The van der Waals surface area contributed by atoms with Crippen molar-refractivity contribution in [3.05, 3.63) is 64.8 Å². The van der Waals surface area contributed by atoms with E-state index in [1.54, 1.807) is 23.5 Å². The molecule has 0 amide bonds. The van der Waals surface area contributed by atoms with Gasteiger partial charge >= 0.3 is 0 Å². The molecule has 6 heteroatoms. The van der Waals surface area contributed by atoms with Gasteiger partial charge in [0.2, 0.25) is 0 Å². The molecule has 4 rings (SSSR count). The molecule has 2 aromatic carbocycles. The quantitative estimate of drug-likeness (QED) is 0.326. The lowest BCUT2D eigenvalue weighted by Gasteiger charge is -2.23. The molecule has 3 aromatic rings. The maximum Gasteiger partial charge on any atom is 0.153 e. The van der Waals surface area contributed by atoms with Crippen molar-refractivity contribution in [1.82, 2.24) is 0 Å². The zero-order chi connectivity index (χ0) is 19.0. The predicted octanol–water partition coefficient (Wildman–Crippen LogP) is 7.50. The Morgan fingerprint density at radius 3 is 2.22 bits per heavy atom. The topological polar surface area (TPSA) is 12.4 Å². The molecule has 0 radical (unpaired) electrons. The summed E-state index contributed by atoms with van der Waals surface area (Å²) in [7, 11) is 0. The summed E-state index contributed by atoms with van der Waals surface area (Å²) in [5.41, 5.74) is 0.478. The van der Waals surface area contributed by atoms with E-state index in [4.69, 9.17) is 0 Å². The molecule has 1 aliphatic carbocycles. The van der Waals surface area contributed by atoms with Crippen LogP contribution in [0.25, 0.3) is 21.6 Å². The molecular formula is C21H14F3NS2. The molecule has 1 saturated carbocycles. The summed E-state index contributed by atoms with van der Waals surface area (Å²) in [6, 6.07) is 10.9. The second-order valence-electron chi connectivity index (χ2n) is 6.52. The van der Waals surface area contributed by atoms with Gasteiger partial charge < -0.3 is 0 Å². The number of thiophene rings is 1. The van der Waals surface area contributed by atoms with Crippen LogP contribution < -0.4 is 0 Å². The molecule has 27 heavy (non-hydrogen) atoms. The van der Waals surface area contributed by atoms with Crippen LogP contribution in [0.15, 0.2) is 47.5 Å². The van der Waals surface area contributed by atoms with Gasteiger partial charge in [0.1, 0.15) is 11.5 Å². The lowest BCUT2D eigenvalue weighted by atomic mass is 9.84. The summed E-state index contributed by atoms with van der Waals surface area (Å²) in [4.78, 5) is 5.69. The van der Waals surface area contributed by atoms with E-state index in [0.717, 1.165) is 22.6 Å². The van der Waals surface area contributed by atoms with Crippen LogP contribution in [0.5, 0.6) is 0 Å². The first-order chi connectivity index (χ1) is 13.1. The molecule has 0 spiro atoms. The molecule has 1 aromatic heterocycles. The molecule has 136 valence electrons.